The summed E-state index contributed by atoms with van der Waals surface area (Å²) in [5, 5.41) is 3.05. The molecule has 1 aromatic heterocycles. The Kier molecular flexibility index (Phi) is 5.55. The second-order valence-corrected chi connectivity index (χ2v) is 4.78. The molecule has 0 bridgehead atoms. The average molecular weight is 240 g/mol. The highest BCUT2D eigenvalue weighted by Crippen LogP contribution is 2.07. The van der Waals surface area contributed by atoms with Crippen molar-refractivity contribution in [1.29, 1.82) is 0 Å². The standard InChI is InChI=1S/C11H20N4S/c1-9-7-10(12-2)14-11(13-9)8-15(3)5-6-16-4/h7H,5-6,8H2,1-4H3,(H,12,13,14). The van der Waals surface area contributed by atoms with Crippen LogP contribution < -0.4 is 5.32 Å². The van der Waals surface area contributed by atoms with Crippen LogP contribution in [0.15, 0.2) is 6.07 Å². The van der Waals surface area contributed by atoms with Gasteiger partial charge in [0.15, 0.2) is 0 Å². The predicted octanol–water partition coefficient (Wildman–Crippen LogP) is 1.62. The molecule has 0 aliphatic heterocycles. The van der Waals surface area contributed by atoms with Crippen LogP contribution in [0.3, 0.4) is 0 Å². The molecule has 1 heterocycles. The van der Waals surface area contributed by atoms with E-state index in [9.17, 15) is 0 Å². The topological polar surface area (TPSA) is 41.1 Å². The van der Waals surface area contributed by atoms with E-state index in [1.807, 2.05) is 31.8 Å². The Labute approximate surface area is 102 Å². The molecule has 0 aliphatic rings. The second-order valence-electron chi connectivity index (χ2n) is 3.79. The molecular formula is C11H20N4S. The van der Waals surface area contributed by atoms with Crippen LogP contribution in [0.5, 0.6) is 0 Å². The Balaban J connectivity index is 2.61. The summed E-state index contributed by atoms with van der Waals surface area (Å²) in [4.78, 5) is 11.1. The molecule has 90 valence electrons. The van der Waals surface area contributed by atoms with Gasteiger partial charge in [-0.15, -0.1) is 0 Å². The summed E-state index contributed by atoms with van der Waals surface area (Å²) >= 11 is 1.86. The lowest BCUT2D eigenvalue weighted by Crippen LogP contribution is -2.22. The van der Waals surface area contributed by atoms with Crippen molar-refractivity contribution in [2.24, 2.45) is 0 Å². The van der Waals surface area contributed by atoms with Gasteiger partial charge in [-0.1, -0.05) is 0 Å². The van der Waals surface area contributed by atoms with Gasteiger partial charge in [0.25, 0.3) is 0 Å². The van der Waals surface area contributed by atoms with Crippen LogP contribution in [0.1, 0.15) is 11.5 Å². The van der Waals surface area contributed by atoms with Crippen molar-refractivity contribution < 1.29 is 0 Å². The van der Waals surface area contributed by atoms with Gasteiger partial charge >= 0.3 is 0 Å². The van der Waals surface area contributed by atoms with Crippen LogP contribution in [0.25, 0.3) is 0 Å². The minimum absolute atomic E-state index is 0.803. The highest BCUT2D eigenvalue weighted by Gasteiger charge is 2.04. The van der Waals surface area contributed by atoms with Crippen LogP contribution in [0.4, 0.5) is 5.82 Å². The van der Waals surface area contributed by atoms with E-state index in [0.717, 1.165) is 36.2 Å². The van der Waals surface area contributed by atoms with Gasteiger partial charge in [0.05, 0.1) is 6.54 Å². The molecule has 1 N–H and O–H groups in total. The summed E-state index contributed by atoms with van der Waals surface area (Å²) in [6.45, 7) is 3.86. The summed E-state index contributed by atoms with van der Waals surface area (Å²) in [5.74, 6) is 2.91. The maximum atomic E-state index is 4.43. The SMILES string of the molecule is CNc1cc(C)nc(CN(C)CCSC)n1. The molecule has 0 aliphatic carbocycles. The van der Waals surface area contributed by atoms with Crippen LogP contribution in [0.2, 0.25) is 0 Å². The Hall–Kier alpha value is -0.810. The number of nitrogens with zero attached hydrogens (tertiary/aromatic N) is 3. The van der Waals surface area contributed by atoms with Crippen molar-refractivity contribution in [2.45, 2.75) is 13.5 Å². The van der Waals surface area contributed by atoms with Gasteiger partial charge < -0.3 is 5.32 Å². The number of anilines is 1. The monoisotopic (exact) mass is 240 g/mol. The van der Waals surface area contributed by atoms with E-state index in [2.05, 4.69) is 33.5 Å². The summed E-state index contributed by atoms with van der Waals surface area (Å²) < 4.78 is 0. The zero-order valence-corrected chi connectivity index (χ0v) is 11.3. The number of nitrogens with one attached hydrogen (secondary N) is 1. The number of hydrogen-bond acceptors (Lipinski definition) is 5. The average Bonchev–Trinajstić information content (AvgIpc) is 2.25. The van der Waals surface area contributed by atoms with E-state index in [4.69, 9.17) is 0 Å². The first kappa shape index (κ1) is 13.3. The van der Waals surface area contributed by atoms with Gasteiger partial charge in [-0.2, -0.15) is 11.8 Å². The summed E-state index contributed by atoms with van der Waals surface area (Å²) in [6.07, 6.45) is 2.12. The van der Waals surface area contributed by atoms with Gasteiger partial charge in [-0.05, 0) is 20.2 Å². The third-order valence-corrected chi connectivity index (χ3v) is 2.84. The first-order chi connectivity index (χ1) is 7.65. The highest BCUT2D eigenvalue weighted by molar-refractivity contribution is 7.98. The Morgan fingerprint density at radius 2 is 2.19 bits per heavy atom. The Morgan fingerprint density at radius 3 is 2.81 bits per heavy atom. The van der Waals surface area contributed by atoms with Gasteiger partial charge in [0.2, 0.25) is 0 Å². The second kappa shape index (κ2) is 6.70. The molecule has 5 heteroatoms. The molecule has 0 fully saturated rings. The molecule has 16 heavy (non-hydrogen) atoms. The van der Waals surface area contributed by atoms with Gasteiger partial charge in [-0.25, -0.2) is 9.97 Å². The maximum absolute atomic E-state index is 4.43. The molecule has 1 rings (SSSR count). The van der Waals surface area contributed by atoms with Crippen molar-refractivity contribution in [1.82, 2.24) is 14.9 Å². The van der Waals surface area contributed by atoms with Crippen molar-refractivity contribution in [2.75, 3.05) is 38.0 Å². The van der Waals surface area contributed by atoms with Gasteiger partial charge in [0, 0.05) is 31.1 Å². The van der Waals surface area contributed by atoms with Crippen molar-refractivity contribution >= 4 is 17.6 Å². The fourth-order valence-corrected chi connectivity index (χ4v) is 1.89. The first-order valence-corrected chi connectivity index (χ1v) is 6.75. The van der Waals surface area contributed by atoms with E-state index < -0.39 is 0 Å². The number of hydrogen-bond donors (Lipinski definition) is 1. The predicted molar refractivity (Wildman–Crippen MR) is 71.0 cm³/mol. The molecule has 0 saturated heterocycles. The van der Waals surface area contributed by atoms with Gasteiger partial charge in [-0.3, -0.25) is 4.90 Å². The van der Waals surface area contributed by atoms with Crippen LogP contribution in [-0.2, 0) is 6.54 Å². The van der Waals surface area contributed by atoms with Crippen LogP contribution >= 0.6 is 11.8 Å². The van der Waals surface area contributed by atoms with E-state index in [-0.39, 0.29) is 0 Å². The highest BCUT2D eigenvalue weighted by atomic mass is 32.2. The largest absolute Gasteiger partial charge is 0.373 e. The summed E-state index contributed by atoms with van der Waals surface area (Å²) in [6, 6.07) is 1.95. The molecule has 0 radical (unpaired) electrons. The molecular weight excluding hydrogens is 220 g/mol. The lowest BCUT2D eigenvalue weighted by molar-refractivity contribution is 0.339. The number of rotatable bonds is 6. The molecule has 0 amide bonds. The Morgan fingerprint density at radius 1 is 1.44 bits per heavy atom. The van der Waals surface area contributed by atoms with Crippen molar-refractivity contribution in [3.8, 4) is 0 Å². The number of aryl methyl sites for hydroxylation is 1. The molecule has 0 unspecified atom stereocenters. The summed E-state index contributed by atoms with van der Waals surface area (Å²) in [7, 11) is 3.98. The minimum atomic E-state index is 0.803. The van der Waals surface area contributed by atoms with Crippen LogP contribution in [-0.4, -0.2) is 47.5 Å². The smallest absolute Gasteiger partial charge is 0.144 e. The molecule has 0 saturated carbocycles. The molecule has 4 nitrogen and oxygen atoms in total. The first-order valence-electron chi connectivity index (χ1n) is 5.35. The zero-order valence-electron chi connectivity index (χ0n) is 10.4. The molecule has 1 aromatic rings. The fraction of sp³-hybridized carbons (Fsp3) is 0.636. The van der Waals surface area contributed by atoms with E-state index in [1.165, 1.54) is 0 Å². The number of thioether (sulfide) groups is 1. The number of aromatic nitrogens is 2. The van der Waals surface area contributed by atoms with E-state index >= 15 is 0 Å². The maximum Gasteiger partial charge on any atom is 0.144 e. The molecule has 0 atom stereocenters. The molecule has 0 spiro atoms. The van der Waals surface area contributed by atoms with Crippen molar-refractivity contribution in [3.63, 3.8) is 0 Å². The fourth-order valence-electron chi connectivity index (χ4n) is 1.40. The lowest BCUT2D eigenvalue weighted by Gasteiger charge is -2.15. The van der Waals surface area contributed by atoms with Crippen molar-refractivity contribution in [3.05, 3.63) is 17.6 Å². The Bertz CT molecular complexity index is 330. The summed E-state index contributed by atoms with van der Waals surface area (Å²) in [5.41, 5.74) is 1.01. The van der Waals surface area contributed by atoms with Gasteiger partial charge in [0.1, 0.15) is 11.6 Å². The molecule has 0 aromatic carbocycles. The lowest BCUT2D eigenvalue weighted by atomic mass is 10.4. The van der Waals surface area contributed by atoms with E-state index in [0.29, 0.717) is 0 Å². The zero-order chi connectivity index (χ0) is 12.0. The normalized spacial score (nSPS) is 10.8. The minimum Gasteiger partial charge on any atom is -0.373 e. The third kappa shape index (κ3) is 4.37. The van der Waals surface area contributed by atoms with E-state index in [1.54, 1.807) is 0 Å². The van der Waals surface area contributed by atoms with Crippen LogP contribution in [0, 0.1) is 6.92 Å². The quantitative estimate of drug-likeness (QED) is 0.818. The third-order valence-electron chi connectivity index (χ3n) is 2.25.